The maximum atomic E-state index is 12.3. The molecule has 1 heterocycles. The van der Waals surface area contributed by atoms with Crippen LogP contribution in [0.15, 0.2) is 16.5 Å². The molecule has 5 aliphatic rings. The first-order chi connectivity index (χ1) is 12.2. The average molecular weight is 341 g/mol. The Kier molecular flexibility index (Phi) is 3.94. The Balaban J connectivity index is 1.09. The Bertz CT molecular complexity index is 620. The molecule has 0 radical (unpaired) electrons. The van der Waals surface area contributed by atoms with Crippen molar-refractivity contribution < 1.29 is 9.21 Å². The fourth-order valence-electron chi connectivity index (χ4n) is 6.37. The lowest BCUT2D eigenvalue weighted by Crippen LogP contribution is -2.49. The predicted octanol–water partition coefficient (Wildman–Crippen LogP) is 4.52. The van der Waals surface area contributed by atoms with Gasteiger partial charge < -0.3 is 9.73 Å². The summed E-state index contributed by atoms with van der Waals surface area (Å²) in [6, 6.07) is 4.17. The SMILES string of the molecule is CC1CC1c1ccc(CCC(=O)NCC2C3CC4CC(C3)CC2C4)o1. The van der Waals surface area contributed by atoms with Crippen LogP contribution in [0.5, 0.6) is 0 Å². The molecule has 2 unspecified atom stereocenters. The molecule has 0 aliphatic heterocycles. The Labute approximate surface area is 150 Å². The number of rotatable bonds is 6. The van der Waals surface area contributed by atoms with Crippen LogP contribution in [0.2, 0.25) is 0 Å². The third-order valence-corrected chi connectivity index (χ3v) is 7.71. The fourth-order valence-corrected chi connectivity index (χ4v) is 6.37. The van der Waals surface area contributed by atoms with Crippen molar-refractivity contribution in [3.8, 4) is 0 Å². The summed E-state index contributed by atoms with van der Waals surface area (Å²) in [6.45, 7) is 3.18. The summed E-state index contributed by atoms with van der Waals surface area (Å²) in [5.41, 5.74) is 0. The van der Waals surface area contributed by atoms with Crippen LogP contribution >= 0.6 is 0 Å². The van der Waals surface area contributed by atoms with Crippen LogP contribution in [0.25, 0.3) is 0 Å². The number of carbonyl (C=O) groups excluding carboxylic acids is 1. The van der Waals surface area contributed by atoms with Crippen LogP contribution in [-0.2, 0) is 11.2 Å². The van der Waals surface area contributed by atoms with Crippen molar-refractivity contribution in [2.45, 2.75) is 64.2 Å². The van der Waals surface area contributed by atoms with Crippen molar-refractivity contribution >= 4 is 5.91 Å². The molecule has 0 saturated heterocycles. The highest BCUT2D eigenvalue weighted by Gasteiger charge is 2.47. The molecule has 1 N–H and O–H groups in total. The molecule has 5 fully saturated rings. The lowest BCUT2D eigenvalue weighted by atomic mass is 9.52. The lowest BCUT2D eigenvalue weighted by Gasteiger charge is -2.54. The number of aryl methyl sites for hydroxylation is 1. The highest BCUT2D eigenvalue weighted by atomic mass is 16.3. The summed E-state index contributed by atoms with van der Waals surface area (Å²) in [4.78, 5) is 12.3. The Morgan fingerprint density at radius 2 is 1.76 bits per heavy atom. The van der Waals surface area contributed by atoms with Gasteiger partial charge >= 0.3 is 0 Å². The zero-order valence-corrected chi connectivity index (χ0v) is 15.4. The minimum absolute atomic E-state index is 0.201. The third-order valence-electron chi connectivity index (χ3n) is 7.71. The second kappa shape index (κ2) is 6.17. The molecule has 1 aromatic rings. The lowest BCUT2D eigenvalue weighted by molar-refractivity contribution is -0.122. The van der Waals surface area contributed by atoms with Gasteiger partial charge in [0.15, 0.2) is 0 Å². The van der Waals surface area contributed by atoms with Crippen molar-refractivity contribution in [3.63, 3.8) is 0 Å². The Hall–Kier alpha value is -1.25. The van der Waals surface area contributed by atoms with Crippen molar-refractivity contribution in [2.24, 2.45) is 35.5 Å². The first-order valence-corrected chi connectivity index (χ1v) is 10.5. The topological polar surface area (TPSA) is 42.2 Å². The van der Waals surface area contributed by atoms with Crippen molar-refractivity contribution in [3.05, 3.63) is 23.7 Å². The molecule has 4 bridgehead atoms. The molecule has 1 aromatic heterocycles. The molecule has 0 spiro atoms. The van der Waals surface area contributed by atoms with E-state index in [1.54, 1.807) is 0 Å². The molecule has 3 nitrogen and oxygen atoms in total. The van der Waals surface area contributed by atoms with E-state index < -0.39 is 0 Å². The maximum absolute atomic E-state index is 12.3. The van der Waals surface area contributed by atoms with Crippen molar-refractivity contribution in [2.75, 3.05) is 6.54 Å². The van der Waals surface area contributed by atoms with Gasteiger partial charge in [-0.1, -0.05) is 6.92 Å². The van der Waals surface area contributed by atoms with Gasteiger partial charge in [-0.25, -0.2) is 0 Å². The monoisotopic (exact) mass is 341 g/mol. The van der Waals surface area contributed by atoms with Gasteiger partial charge in [0.05, 0.1) is 0 Å². The molecular weight excluding hydrogens is 310 g/mol. The van der Waals surface area contributed by atoms with Crippen LogP contribution in [0.1, 0.15) is 69.3 Å². The minimum atomic E-state index is 0.201. The molecule has 5 saturated carbocycles. The molecule has 3 heteroatoms. The van der Waals surface area contributed by atoms with Gasteiger partial charge in [-0.15, -0.1) is 0 Å². The van der Waals surface area contributed by atoms with E-state index in [9.17, 15) is 4.79 Å². The van der Waals surface area contributed by atoms with Gasteiger partial charge in [-0.05, 0) is 86.2 Å². The quantitative estimate of drug-likeness (QED) is 0.826. The van der Waals surface area contributed by atoms with Crippen LogP contribution in [0.4, 0.5) is 0 Å². The van der Waals surface area contributed by atoms with Gasteiger partial charge in [-0.2, -0.15) is 0 Å². The van der Waals surface area contributed by atoms with Crippen LogP contribution in [0, 0.1) is 35.5 Å². The summed E-state index contributed by atoms with van der Waals surface area (Å²) in [5.74, 6) is 8.25. The summed E-state index contributed by atoms with van der Waals surface area (Å²) < 4.78 is 5.92. The molecule has 5 aliphatic carbocycles. The normalized spacial score (nSPS) is 41.1. The molecule has 2 atom stereocenters. The zero-order chi connectivity index (χ0) is 17.0. The van der Waals surface area contributed by atoms with E-state index in [-0.39, 0.29) is 5.91 Å². The first-order valence-electron chi connectivity index (χ1n) is 10.5. The second-order valence-corrected chi connectivity index (χ2v) is 9.52. The first kappa shape index (κ1) is 16.0. The van der Waals surface area contributed by atoms with Gasteiger partial charge in [0, 0.05) is 25.3 Å². The van der Waals surface area contributed by atoms with Gasteiger partial charge in [0.1, 0.15) is 11.5 Å². The van der Waals surface area contributed by atoms with Gasteiger partial charge in [0.2, 0.25) is 5.91 Å². The van der Waals surface area contributed by atoms with E-state index in [0.717, 1.165) is 60.0 Å². The van der Waals surface area contributed by atoms with Gasteiger partial charge in [0.25, 0.3) is 0 Å². The summed E-state index contributed by atoms with van der Waals surface area (Å²) in [6.07, 6.45) is 9.76. The molecule has 0 aromatic carbocycles. The standard InChI is InChI=1S/C22H31NO2/c1-13-6-19(13)21-4-2-18(25-21)3-5-22(24)23-12-20-16-8-14-7-15(10-16)11-17(20)9-14/h2,4,13-17,19-20H,3,5-12H2,1H3,(H,23,24). The van der Waals surface area contributed by atoms with Crippen molar-refractivity contribution in [1.82, 2.24) is 5.32 Å². The van der Waals surface area contributed by atoms with E-state index in [1.807, 2.05) is 0 Å². The maximum Gasteiger partial charge on any atom is 0.220 e. The van der Waals surface area contributed by atoms with Crippen molar-refractivity contribution in [1.29, 1.82) is 0 Å². The molecule has 6 rings (SSSR count). The number of carbonyl (C=O) groups is 1. The van der Waals surface area contributed by atoms with E-state index in [0.29, 0.717) is 12.3 Å². The highest BCUT2D eigenvalue weighted by Crippen LogP contribution is 2.56. The molecule has 25 heavy (non-hydrogen) atoms. The number of nitrogens with one attached hydrogen (secondary N) is 1. The smallest absolute Gasteiger partial charge is 0.220 e. The summed E-state index contributed by atoms with van der Waals surface area (Å²) in [7, 11) is 0. The van der Waals surface area contributed by atoms with Crippen LogP contribution in [-0.4, -0.2) is 12.5 Å². The Morgan fingerprint density at radius 1 is 1.08 bits per heavy atom. The summed E-state index contributed by atoms with van der Waals surface area (Å²) >= 11 is 0. The second-order valence-electron chi connectivity index (χ2n) is 9.52. The van der Waals surface area contributed by atoms with Gasteiger partial charge in [-0.3, -0.25) is 4.79 Å². The number of hydrogen-bond acceptors (Lipinski definition) is 2. The van der Waals surface area contributed by atoms with E-state index in [1.165, 1.54) is 38.5 Å². The van der Waals surface area contributed by atoms with Crippen LogP contribution in [0.3, 0.4) is 0 Å². The number of hydrogen-bond donors (Lipinski definition) is 1. The highest BCUT2D eigenvalue weighted by molar-refractivity contribution is 5.76. The molecular formula is C22H31NO2. The predicted molar refractivity (Wildman–Crippen MR) is 97.1 cm³/mol. The van der Waals surface area contributed by atoms with E-state index in [2.05, 4.69) is 24.4 Å². The molecule has 136 valence electrons. The van der Waals surface area contributed by atoms with E-state index in [4.69, 9.17) is 4.42 Å². The minimum Gasteiger partial charge on any atom is -0.466 e. The average Bonchev–Trinajstić information content (AvgIpc) is 3.13. The molecule has 1 amide bonds. The zero-order valence-electron chi connectivity index (χ0n) is 15.4. The number of amides is 1. The van der Waals surface area contributed by atoms with E-state index >= 15 is 0 Å². The Morgan fingerprint density at radius 3 is 2.40 bits per heavy atom. The number of furan rings is 1. The largest absolute Gasteiger partial charge is 0.466 e. The summed E-state index contributed by atoms with van der Waals surface area (Å²) in [5, 5.41) is 3.25. The third kappa shape index (κ3) is 3.15. The van der Waals surface area contributed by atoms with Crippen LogP contribution < -0.4 is 5.32 Å². The fraction of sp³-hybridized carbons (Fsp3) is 0.773.